The quantitative estimate of drug-likeness (QED) is 0.864. The molecule has 1 aliphatic carbocycles. The highest BCUT2D eigenvalue weighted by Crippen LogP contribution is 2.43. The van der Waals surface area contributed by atoms with Crippen LogP contribution in [0, 0.1) is 18.3 Å². The molecule has 1 saturated carbocycles. The molecule has 1 aromatic rings. The van der Waals surface area contributed by atoms with Crippen LogP contribution in [0.1, 0.15) is 37.1 Å². The van der Waals surface area contributed by atoms with E-state index in [0.29, 0.717) is 12.5 Å². The third-order valence-electron chi connectivity index (χ3n) is 4.60. The molecule has 19 heavy (non-hydrogen) atoms. The molecule has 2 atom stereocenters. The number of nitrogens with zero attached hydrogens (tertiary/aromatic N) is 1. The summed E-state index contributed by atoms with van der Waals surface area (Å²) in [6.45, 7) is 4.12. The number of aryl methyl sites for hydroxylation is 1. The largest absolute Gasteiger partial charge is 0.361 e. The number of aromatic nitrogens is 1. The van der Waals surface area contributed by atoms with Gasteiger partial charge in [0, 0.05) is 12.6 Å². The first-order valence-electron chi connectivity index (χ1n) is 7.12. The van der Waals surface area contributed by atoms with Crippen molar-refractivity contribution in [2.24, 2.45) is 11.3 Å². The fraction of sp³-hybridized carbons (Fsp3) is 0.714. The summed E-state index contributed by atoms with van der Waals surface area (Å²) < 4.78 is 5.01. The Morgan fingerprint density at radius 1 is 1.63 bits per heavy atom. The summed E-state index contributed by atoms with van der Waals surface area (Å²) in [7, 11) is 0. The number of hydrogen-bond donors (Lipinski definition) is 2. The first-order chi connectivity index (χ1) is 9.21. The fourth-order valence-electron chi connectivity index (χ4n) is 3.54. The van der Waals surface area contributed by atoms with Gasteiger partial charge in [0.2, 0.25) is 5.91 Å². The second-order valence-corrected chi connectivity index (χ2v) is 5.84. The maximum Gasteiger partial charge on any atom is 0.228 e. The van der Waals surface area contributed by atoms with Gasteiger partial charge in [0.15, 0.2) is 0 Å². The summed E-state index contributed by atoms with van der Waals surface area (Å²) in [6, 6.07) is 1.86. The molecular formula is C14H21N3O2. The molecular weight excluding hydrogens is 242 g/mol. The predicted octanol–water partition coefficient (Wildman–Crippen LogP) is 1.38. The van der Waals surface area contributed by atoms with Gasteiger partial charge in [-0.2, -0.15) is 0 Å². The summed E-state index contributed by atoms with van der Waals surface area (Å²) in [5.74, 6) is 1.46. The third kappa shape index (κ3) is 2.27. The normalized spacial score (nSPS) is 30.1. The third-order valence-corrected chi connectivity index (χ3v) is 4.60. The number of carbonyl (C=O) groups excluding carboxylic acids is 1. The van der Waals surface area contributed by atoms with E-state index in [9.17, 15) is 4.79 Å². The van der Waals surface area contributed by atoms with E-state index in [1.807, 2.05) is 13.0 Å². The molecule has 2 heterocycles. The number of hydrogen-bond acceptors (Lipinski definition) is 4. The van der Waals surface area contributed by atoms with Crippen molar-refractivity contribution in [3.8, 4) is 0 Å². The highest BCUT2D eigenvalue weighted by Gasteiger charge is 2.49. The summed E-state index contributed by atoms with van der Waals surface area (Å²) in [4.78, 5) is 12.6. The molecule has 104 valence electrons. The number of fused-ring (bicyclic) bond motifs is 1. The van der Waals surface area contributed by atoms with Gasteiger partial charge in [-0.3, -0.25) is 4.79 Å². The summed E-state index contributed by atoms with van der Waals surface area (Å²) in [5.41, 5.74) is 0.609. The second kappa shape index (κ2) is 4.96. The van der Waals surface area contributed by atoms with E-state index < -0.39 is 0 Å². The zero-order valence-corrected chi connectivity index (χ0v) is 11.4. The lowest BCUT2D eigenvalue weighted by atomic mass is 9.67. The van der Waals surface area contributed by atoms with Crippen LogP contribution < -0.4 is 10.6 Å². The van der Waals surface area contributed by atoms with Crippen molar-refractivity contribution in [1.29, 1.82) is 0 Å². The van der Waals surface area contributed by atoms with Crippen LogP contribution >= 0.6 is 0 Å². The maximum atomic E-state index is 12.6. The molecule has 1 saturated heterocycles. The first kappa shape index (κ1) is 12.7. The van der Waals surface area contributed by atoms with E-state index in [4.69, 9.17) is 4.52 Å². The first-order valence-corrected chi connectivity index (χ1v) is 7.12. The molecule has 2 aliphatic rings. The van der Waals surface area contributed by atoms with E-state index >= 15 is 0 Å². The van der Waals surface area contributed by atoms with Crippen LogP contribution in [-0.2, 0) is 11.3 Å². The minimum Gasteiger partial charge on any atom is -0.361 e. The van der Waals surface area contributed by atoms with E-state index in [1.165, 1.54) is 12.8 Å². The predicted molar refractivity (Wildman–Crippen MR) is 70.3 cm³/mol. The van der Waals surface area contributed by atoms with E-state index in [2.05, 4.69) is 15.8 Å². The Hall–Kier alpha value is -1.36. The van der Waals surface area contributed by atoms with Crippen LogP contribution in [0.15, 0.2) is 10.6 Å². The number of carbonyl (C=O) groups is 1. The summed E-state index contributed by atoms with van der Waals surface area (Å²) in [5, 5.41) is 10.3. The Morgan fingerprint density at radius 3 is 3.32 bits per heavy atom. The zero-order chi connectivity index (χ0) is 13.3. The van der Waals surface area contributed by atoms with Crippen LogP contribution in [0.5, 0.6) is 0 Å². The van der Waals surface area contributed by atoms with Gasteiger partial charge in [0.05, 0.1) is 12.0 Å². The molecule has 5 heteroatoms. The molecule has 0 spiro atoms. The highest BCUT2D eigenvalue weighted by molar-refractivity contribution is 5.83. The van der Waals surface area contributed by atoms with Gasteiger partial charge >= 0.3 is 0 Å². The second-order valence-electron chi connectivity index (χ2n) is 5.84. The van der Waals surface area contributed by atoms with Crippen molar-refractivity contribution in [1.82, 2.24) is 15.8 Å². The maximum absolute atomic E-state index is 12.6. The average Bonchev–Trinajstić information content (AvgIpc) is 3.02. The minimum absolute atomic E-state index is 0.183. The molecule has 0 unspecified atom stereocenters. The molecule has 0 aromatic carbocycles. The topological polar surface area (TPSA) is 67.2 Å². The molecule has 2 N–H and O–H groups in total. The van der Waals surface area contributed by atoms with Gasteiger partial charge in [0.25, 0.3) is 0 Å². The van der Waals surface area contributed by atoms with Gasteiger partial charge in [0.1, 0.15) is 11.5 Å². The Bertz CT molecular complexity index is 471. The van der Waals surface area contributed by atoms with Crippen LogP contribution in [0.2, 0.25) is 0 Å². The Balaban J connectivity index is 1.65. The Kier molecular flexibility index (Phi) is 3.31. The molecule has 5 nitrogen and oxygen atoms in total. The number of nitrogens with one attached hydrogen (secondary N) is 2. The fourth-order valence-corrected chi connectivity index (χ4v) is 3.54. The number of amides is 1. The molecule has 0 bridgehead atoms. The van der Waals surface area contributed by atoms with Crippen molar-refractivity contribution in [3.05, 3.63) is 17.5 Å². The molecule has 1 aromatic heterocycles. The van der Waals surface area contributed by atoms with Crippen molar-refractivity contribution in [3.63, 3.8) is 0 Å². The molecule has 3 rings (SSSR count). The lowest BCUT2D eigenvalue weighted by Crippen LogP contribution is -2.47. The molecule has 2 fully saturated rings. The minimum atomic E-state index is -0.184. The highest BCUT2D eigenvalue weighted by atomic mass is 16.5. The van der Waals surface area contributed by atoms with Crippen molar-refractivity contribution in [2.45, 2.75) is 39.2 Å². The van der Waals surface area contributed by atoms with E-state index in [1.54, 1.807) is 0 Å². The van der Waals surface area contributed by atoms with Crippen molar-refractivity contribution < 1.29 is 9.32 Å². The SMILES string of the molecule is Cc1cc(CNC(=O)[C@@]23CCCC[C@@H]2CNC3)no1. The molecule has 1 aliphatic heterocycles. The van der Waals surface area contributed by atoms with Gasteiger partial charge in [-0.15, -0.1) is 0 Å². The van der Waals surface area contributed by atoms with E-state index in [0.717, 1.165) is 37.4 Å². The van der Waals surface area contributed by atoms with Gasteiger partial charge in [-0.1, -0.05) is 18.0 Å². The van der Waals surface area contributed by atoms with Crippen LogP contribution in [0.4, 0.5) is 0 Å². The lowest BCUT2D eigenvalue weighted by molar-refractivity contribution is -0.134. The van der Waals surface area contributed by atoms with E-state index in [-0.39, 0.29) is 11.3 Å². The van der Waals surface area contributed by atoms with Crippen molar-refractivity contribution in [2.75, 3.05) is 13.1 Å². The summed E-state index contributed by atoms with van der Waals surface area (Å²) in [6.07, 6.45) is 4.59. The zero-order valence-electron chi connectivity index (χ0n) is 11.4. The van der Waals surface area contributed by atoms with Crippen LogP contribution in [-0.4, -0.2) is 24.2 Å². The smallest absolute Gasteiger partial charge is 0.228 e. The number of rotatable bonds is 3. The standard InChI is InChI=1S/C14H21N3O2/c1-10-6-12(17-19-10)8-16-13(18)14-5-3-2-4-11(14)7-15-9-14/h6,11,15H,2-5,7-9H2,1H3,(H,16,18)/t11-,14-/m1/s1. The van der Waals surface area contributed by atoms with Crippen LogP contribution in [0.25, 0.3) is 0 Å². The van der Waals surface area contributed by atoms with Gasteiger partial charge < -0.3 is 15.2 Å². The van der Waals surface area contributed by atoms with Crippen molar-refractivity contribution >= 4 is 5.91 Å². The summed E-state index contributed by atoms with van der Waals surface area (Å²) >= 11 is 0. The lowest BCUT2D eigenvalue weighted by Gasteiger charge is -2.37. The van der Waals surface area contributed by atoms with Crippen LogP contribution in [0.3, 0.4) is 0 Å². The molecule has 1 amide bonds. The molecule has 0 radical (unpaired) electrons. The monoisotopic (exact) mass is 263 g/mol. The van der Waals surface area contributed by atoms with Gasteiger partial charge in [-0.05, 0) is 32.2 Å². The van der Waals surface area contributed by atoms with Gasteiger partial charge in [-0.25, -0.2) is 0 Å². The Labute approximate surface area is 113 Å². The Morgan fingerprint density at radius 2 is 2.53 bits per heavy atom. The average molecular weight is 263 g/mol.